The Bertz CT molecular complexity index is 632. The fourth-order valence-corrected chi connectivity index (χ4v) is 2.11. The van der Waals surface area contributed by atoms with Crippen LogP contribution in [0.25, 0.3) is 0 Å². The number of nitro benzene ring substituents is 1. The van der Waals surface area contributed by atoms with E-state index in [1.807, 2.05) is 0 Å². The number of piperazine rings is 1. The minimum Gasteiger partial charge on any atom is -0.342 e. The minimum absolute atomic E-state index is 0.0213. The number of amides is 2. The maximum Gasteiger partial charge on any atom is 0.270 e. The van der Waals surface area contributed by atoms with Crippen LogP contribution in [0.1, 0.15) is 15.9 Å². The Morgan fingerprint density at radius 3 is 2.62 bits per heavy atom. The van der Waals surface area contributed by atoms with E-state index in [-0.39, 0.29) is 35.8 Å². The number of carbonyl (C=O) groups is 2. The molecule has 7 nitrogen and oxygen atoms in total. The van der Waals surface area contributed by atoms with Crippen molar-refractivity contribution in [2.24, 2.45) is 0 Å². The lowest BCUT2D eigenvalue weighted by Crippen LogP contribution is -2.50. The van der Waals surface area contributed by atoms with E-state index in [4.69, 9.17) is 0 Å². The molecule has 1 aliphatic heterocycles. The molecule has 1 fully saturated rings. The van der Waals surface area contributed by atoms with E-state index >= 15 is 0 Å². The molecular weight excluding hydrogens is 281 g/mol. The molecule has 0 N–H and O–H groups in total. The van der Waals surface area contributed by atoms with Gasteiger partial charge in [-0.2, -0.15) is 0 Å². The van der Waals surface area contributed by atoms with Crippen molar-refractivity contribution in [3.63, 3.8) is 0 Å². The zero-order valence-corrected chi connectivity index (χ0v) is 11.6. The lowest BCUT2D eigenvalue weighted by Gasteiger charge is -2.32. The van der Waals surface area contributed by atoms with Crippen LogP contribution in [0.5, 0.6) is 0 Å². The van der Waals surface area contributed by atoms with Crippen molar-refractivity contribution >= 4 is 17.5 Å². The highest BCUT2D eigenvalue weighted by atomic mass is 19.1. The van der Waals surface area contributed by atoms with Gasteiger partial charge in [-0.15, -0.1) is 0 Å². The molecular formula is C13H14FN3O4. The van der Waals surface area contributed by atoms with Crippen LogP contribution in [0, 0.1) is 22.9 Å². The van der Waals surface area contributed by atoms with Gasteiger partial charge in [-0.25, -0.2) is 4.39 Å². The van der Waals surface area contributed by atoms with Gasteiger partial charge in [-0.1, -0.05) is 0 Å². The summed E-state index contributed by atoms with van der Waals surface area (Å²) in [5, 5.41) is 10.8. The standard InChI is InChI=1S/C13H14FN3O4/c1-8-5-9(17(20)21)6-10(12(8)14)13(19)16-4-3-15(2)11(18)7-16/h5-6H,3-4,7H2,1-2H3. The third kappa shape index (κ3) is 2.83. The molecule has 0 saturated carbocycles. The summed E-state index contributed by atoms with van der Waals surface area (Å²) in [5.41, 5.74) is -0.704. The molecule has 1 saturated heterocycles. The zero-order valence-electron chi connectivity index (χ0n) is 11.6. The summed E-state index contributed by atoms with van der Waals surface area (Å²) >= 11 is 0. The first-order valence-corrected chi connectivity index (χ1v) is 6.29. The molecule has 8 heteroatoms. The number of non-ortho nitro benzene ring substituents is 1. The summed E-state index contributed by atoms with van der Waals surface area (Å²) in [6.45, 7) is 1.81. The van der Waals surface area contributed by atoms with E-state index in [1.165, 1.54) is 16.7 Å². The molecule has 1 heterocycles. The molecule has 0 bridgehead atoms. The Kier molecular flexibility index (Phi) is 3.88. The molecule has 0 unspecified atom stereocenters. The van der Waals surface area contributed by atoms with Crippen LogP contribution >= 0.6 is 0 Å². The van der Waals surface area contributed by atoms with Crippen LogP contribution in [0.4, 0.5) is 10.1 Å². The van der Waals surface area contributed by atoms with Crippen LogP contribution in [-0.4, -0.2) is 53.2 Å². The molecule has 0 atom stereocenters. The van der Waals surface area contributed by atoms with Crippen molar-refractivity contribution in [1.82, 2.24) is 9.80 Å². The number of nitrogens with zero attached hydrogens (tertiary/aromatic N) is 3. The summed E-state index contributed by atoms with van der Waals surface area (Å²) in [7, 11) is 1.61. The Morgan fingerprint density at radius 2 is 2.05 bits per heavy atom. The van der Waals surface area contributed by atoms with Crippen molar-refractivity contribution < 1.29 is 18.9 Å². The first-order chi connectivity index (χ1) is 9.81. The van der Waals surface area contributed by atoms with Gasteiger partial charge in [0.05, 0.1) is 10.5 Å². The number of hydrogen-bond acceptors (Lipinski definition) is 4. The predicted molar refractivity (Wildman–Crippen MR) is 71.3 cm³/mol. The molecule has 0 aromatic heterocycles. The topological polar surface area (TPSA) is 83.8 Å². The Labute approximate surface area is 120 Å². The number of carbonyl (C=O) groups excluding carboxylic acids is 2. The second-order valence-electron chi connectivity index (χ2n) is 4.92. The molecule has 0 spiro atoms. The number of likely N-dealkylation sites (N-methyl/N-ethyl adjacent to an activating group) is 1. The molecule has 1 aromatic carbocycles. The van der Waals surface area contributed by atoms with Crippen LogP contribution in [0.2, 0.25) is 0 Å². The van der Waals surface area contributed by atoms with E-state index in [0.717, 1.165) is 12.1 Å². The maximum absolute atomic E-state index is 14.1. The van der Waals surface area contributed by atoms with Gasteiger partial charge < -0.3 is 9.80 Å². The van der Waals surface area contributed by atoms with Gasteiger partial charge >= 0.3 is 0 Å². The van der Waals surface area contributed by atoms with E-state index in [0.29, 0.717) is 6.54 Å². The highest BCUT2D eigenvalue weighted by molar-refractivity contribution is 5.98. The van der Waals surface area contributed by atoms with Crippen LogP contribution in [0.3, 0.4) is 0 Å². The van der Waals surface area contributed by atoms with Crippen molar-refractivity contribution in [2.45, 2.75) is 6.92 Å². The first-order valence-electron chi connectivity index (χ1n) is 6.29. The molecule has 0 radical (unpaired) electrons. The molecule has 0 aliphatic carbocycles. The van der Waals surface area contributed by atoms with Crippen molar-refractivity contribution in [3.8, 4) is 0 Å². The summed E-state index contributed by atoms with van der Waals surface area (Å²) in [4.78, 5) is 36.7. The van der Waals surface area contributed by atoms with Gasteiger partial charge in [0.25, 0.3) is 11.6 Å². The molecule has 1 aliphatic rings. The average molecular weight is 295 g/mol. The van der Waals surface area contributed by atoms with Gasteiger partial charge in [0.15, 0.2) is 0 Å². The van der Waals surface area contributed by atoms with Gasteiger partial charge in [-0.3, -0.25) is 19.7 Å². The lowest BCUT2D eigenvalue weighted by atomic mass is 10.1. The quantitative estimate of drug-likeness (QED) is 0.601. The van der Waals surface area contributed by atoms with E-state index in [1.54, 1.807) is 7.05 Å². The summed E-state index contributed by atoms with van der Waals surface area (Å²) in [5.74, 6) is -1.75. The molecule has 21 heavy (non-hydrogen) atoms. The summed E-state index contributed by atoms with van der Waals surface area (Å²) in [6.07, 6.45) is 0. The fourth-order valence-electron chi connectivity index (χ4n) is 2.11. The van der Waals surface area contributed by atoms with Crippen LogP contribution < -0.4 is 0 Å². The third-order valence-corrected chi connectivity index (χ3v) is 3.42. The van der Waals surface area contributed by atoms with Gasteiger partial charge in [0.1, 0.15) is 12.4 Å². The minimum atomic E-state index is -0.794. The monoisotopic (exact) mass is 295 g/mol. The number of hydrogen-bond donors (Lipinski definition) is 0. The van der Waals surface area contributed by atoms with Gasteiger partial charge in [0.2, 0.25) is 5.91 Å². The van der Waals surface area contributed by atoms with Crippen molar-refractivity contribution in [3.05, 3.63) is 39.2 Å². The number of nitro groups is 1. The second-order valence-corrected chi connectivity index (χ2v) is 4.92. The lowest BCUT2D eigenvalue weighted by molar-refractivity contribution is -0.385. The van der Waals surface area contributed by atoms with Crippen LogP contribution in [-0.2, 0) is 4.79 Å². The third-order valence-electron chi connectivity index (χ3n) is 3.42. The molecule has 2 amide bonds. The Hall–Kier alpha value is -2.51. The average Bonchev–Trinajstić information content (AvgIpc) is 2.43. The first kappa shape index (κ1) is 14.9. The SMILES string of the molecule is Cc1cc([N+](=O)[O-])cc(C(=O)N2CCN(C)C(=O)C2)c1F. The van der Waals surface area contributed by atoms with Gasteiger partial charge in [0, 0.05) is 32.3 Å². The van der Waals surface area contributed by atoms with Crippen molar-refractivity contribution in [1.29, 1.82) is 0 Å². The summed E-state index contributed by atoms with van der Waals surface area (Å²) in [6, 6.07) is 1.98. The highest BCUT2D eigenvalue weighted by Crippen LogP contribution is 2.22. The highest BCUT2D eigenvalue weighted by Gasteiger charge is 2.29. The molecule has 1 aromatic rings. The normalized spacial score (nSPS) is 15.3. The maximum atomic E-state index is 14.1. The number of aryl methyl sites for hydroxylation is 1. The van der Waals surface area contributed by atoms with Crippen molar-refractivity contribution in [2.75, 3.05) is 26.7 Å². The molecule has 2 rings (SSSR count). The smallest absolute Gasteiger partial charge is 0.270 e. The predicted octanol–water partition coefficient (Wildman–Crippen LogP) is 0.957. The zero-order chi connectivity index (χ0) is 15.7. The summed E-state index contributed by atoms with van der Waals surface area (Å²) < 4.78 is 14.1. The second kappa shape index (κ2) is 5.47. The Balaban J connectivity index is 2.35. The number of halogens is 1. The number of rotatable bonds is 2. The van der Waals surface area contributed by atoms with E-state index in [2.05, 4.69) is 0 Å². The fraction of sp³-hybridized carbons (Fsp3) is 0.385. The van der Waals surface area contributed by atoms with E-state index in [9.17, 15) is 24.1 Å². The molecule has 112 valence electrons. The van der Waals surface area contributed by atoms with E-state index < -0.39 is 16.6 Å². The number of benzene rings is 1. The largest absolute Gasteiger partial charge is 0.342 e. The van der Waals surface area contributed by atoms with Crippen LogP contribution in [0.15, 0.2) is 12.1 Å². The van der Waals surface area contributed by atoms with Gasteiger partial charge in [-0.05, 0) is 12.5 Å². The Morgan fingerprint density at radius 1 is 1.38 bits per heavy atom.